The molecule has 0 atom stereocenters. The van der Waals surface area contributed by atoms with E-state index < -0.39 is 11.6 Å². The minimum atomic E-state index is -0.474. The molecule has 1 heterocycles. The van der Waals surface area contributed by atoms with Crippen LogP contribution >= 0.6 is 11.3 Å². The molecule has 1 aromatic heterocycles. The van der Waals surface area contributed by atoms with Crippen LogP contribution in [0.4, 0.5) is 8.78 Å². The highest BCUT2D eigenvalue weighted by Crippen LogP contribution is 2.27. The highest BCUT2D eigenvalue weighted by molar-refractivity contribution is 7.14. The Labute approximate surface area is 127 Å². The smallest absolute Gasteiger partial charge is 0.150 e. The summed E-state index contributed by atoms with van der Waals surface area (Å²) in [6.07, 6.45) is 1.74. The zero-order valence-corrected chi connectivity index (χ0v) is 13.0. The maximum atomic E-state index is 13.7. The van der Waals surface area contributed by atoms with Crippen molar-refractivity contribution in [3.8, 4) is 10.6 Å². The first-order valence-corrected chi connectivity index (χ1v) is 7.86. The van der Waals surface area contributed by atoms with Crippen molar-refractivity contribution in [2.45, 2.75) is 26.7 Å². The minimum absolute atomic E-state index is 0.177. The lowest BCUT2D eigenvalue weighted by atomic mass is 10.2. The third-order valence-electron chi connectivity index (χ3n) is 2.92. The quantitative estimate of drug-likeness (QED) is 0.793. The van der Waals surface area contributed by atoms with Gasteiger partial charge in [0.1, 0.15) is 16.6 Å². The molecule has 0 fully saturated rings. The number of hydrogen-bond acceptors (Lipinski definition) is 4. The summed E-state index contributed by atoms with van der Waals surface area (Å²) in [5.41, 5.74) is 0.177. The fourth-order valence-corrected chi connectivity index (χ4v) is 2.78. The van der Waals surface area contributed by atoms with Gasteiger partial charge in [0.15, 0.2) is 5.01 Å². The van der Waals surface area contributed by atoms with E-state index in [-0.39, 0.29) is 5.56 Å². The third-order valence-corrected chi connectivity index (χ3v) is 3.94. The van der Waals surface area contributed by atoms with Gasteiger partial charge in [0, 0.05) is 6.42 Å². The van der Waals surface area contributed by atoms with Crippen LogP contribution in [0.5, 0.6) is 0 Å². The summed E-state index contributed by atoms with van der Waals surface area (Å²) in [5, 5.41) is 12.6. The maximum absolute atomic E-state index is 13.7. The van der Waals surface area contributed by atoms with Gasteiger partial charge in [-0.1, -0.05) is 25.2 Å². The Bertz CT molecular complexity index is 584. The Morgan fingerprint density at radius 1 is 1.24 bits per heavy atom. The zero-order valence-electron chi connectivity index (χ0n) is 12.2. The molecule has 0 aliphatic rings. The summed E-state index contributed by atoms with van der Waals surface area (Å²) in [6.45, 7) is 6.24. The fourth-order valence-electron chi connectivity index (χ4n) is 1.88. The second-order valence-electron chi connectivity index (χ2n) is 5.33. The van der Waals surface area contributed by atoms with E-state index in [9.17, 15) is 8.78 Å². The Balaban J connectivity index is 1.91. The lowest BCUT2D eigenvalue weighted by molar-refractivity contribution is 0.542. The summed E-state index contributed by atoms with van der Waals surface area (Å²) >= 11 is 1.32. The van der Waals surface area contributed by atoms with E-state index in [1.807, 2.05) is 0 Å². The van der Waals surface area contributed by atoms with E-state index in [4.69, 9.17) is 0 Å². The molecule has 0 bridgehead atoms. The van der Waals surface area contributed by atoms with Crippen LogP contribution in [0.2, 0.25) is 0 Å². The fraction of sp³-hybridized carbons (Fsp3) is 0.467. The average molecular weight is 311 g/mol. The van der Waals surface area contributed by atoms with Gasteiger partial charge in [0.25, 0.3) is 0 Å². The lowest BCUT2D eigenvalue weighted by Crippen LogP contribution is -2.21. The lowest BCUT2D eigenvalue weighted by Gasteiger charge is -2.05. The molecule has 1 aromatic carbocycles. The first-order chi connectivity index (χ1) is 10.1. The van der Waals surface area contributed by atoms with Gasteiger partial charge in [-0.05, 0) is 43.6 Å². The molecule has 0 amide bonds. The number of aryl methyl sites for hydroxylation is 1. The molecule has 0 saturated carbocycles. The van der Waals surface area contributed by atoms with Gasteiger partial charge < -0.3 is 5.32 Å². The maximum Gasteiger partial charge on any atom is 0.150 e. The Kier molecular flexibility index (Phi) is 5.76. The van der Waals surface area contributed by atoms with Gasteiger partial charge in [-0.25, -0.2) is 8.78 Å². The molecule has 21 heavy (non-hydrogen) atoms. The van der Waals surface area contributed by atoms with Crippen molar-refractivity contribution >= 4 is 11.3 Å². The van der Waals surface area contributed by atoms with Crippen LogP contribution in [0.1, 0.15) is 25.3 Å². The number of nitrogens with one attached hydrogen (secondary N) is 1. The zero-order chi connectivity index (χ0) is 15.2. The molecule has 2 aromatic rings. The largest absolute Gasteiger partial charge is 0.316 e. The Morgan fingerprint density at radius 3 is 2.81 bits per heavy atom. The molecule has 114 valence electrons. The first-order valence-electron chi connectivity index (χ1n) is 7.05. The van der Waals surface area contributed by atoms with Crippen LogP contribution in [0.25, 0.3) is 10.6 Å². The highest BCUT2D eigenvalue weighted by Gasteiger charge is 2.12. The van der Waals surface area contributed by atoms with Crippen LogP contribution in [0.3, 0.4) is 0 Å². The standard InChI is InChI=1S/C15H19F2N3S/c1-10(2)9-18-7-3-4-14-19-20-15(21-14)12-8-11(16)5-6-13(12)17/h5-6,8,10,18H,3-4,7,9H2,1-2H3. The number of nitrogens with zero attached hydrogens (tertiary/aromatic N) is 2. The molecule has 2 rings (SSSR count). The molecule has 0 aliphatic carbocycles. The van der Waals surface area contributed by atoms with Crippen molar-refractivity contribution < 1.29 is 8.78 Å². The summed E-state index contributed by atoms with van der Waals surface area (Å²) in [5.74, 6) is -0.312. The monoisotopic (exact) mass is 311 g/mol. The van der Waals surface area contributed by atoms with Crippen LogP contribution in [-0.2, 0) is 6.42 Å². The number of benzene rings is 1. The molecule has 3 nitrogen and oxygen atoms in total. The normalized spacial score (nSPS) is 11.3. The van der Waals surface area contributed by atoms with Gasteiger partial charge in [0.05, 0.1) is 5.56 Å². The van der Waals surface area contributed by atoms with Crippen LogP contribution in [0.15, 0.2) is 18.2 Å². The van der Waals surface area contributed by atoms with E-state index in [0.29, 0.717) is 10.9 Å². The summed E-state index contributed by atoms with van der Waals surface area (Å²) < 4.78 is 26.8. The summed E-state index contributed by atoms with van der Waals surface area (Å²) in [7, 11) is 0. The van der Waals surface area contributed by atoms with Crippen LogP contribution in [-0.4, -0.2) is 23.3 Å². The molecular formula is C15H19F2N3S. The van der Waals surface area contributed by atoms with Crippen molar-refractivity contribution in [1.29, 1.82) is 0 Å². The topological polar surface area (TPSA) is 37.8 Å². The van der Waals surface area contributed by atoms with Gasteiger partial charge in [-0.3, -0.25) is 0 Å². The molecule has 0 aliphatic heterocycles. The van der Waals surface area contributed by atoms with Crippen molar-refractivity contribution in [1.82, 2.24) is 15.5 Å². The van der Waals surface area contributed by atoms with Crippen molar-refractivity contribution in [2.75, 3.05) is 13.1 Å². The highest BCUT2D eigenvalue weighted by atomic mass is 32.1. The van der Waals surface area contributed by atoms with Crippen molar-refractivity contribution in [3.05, 3.63) is 34.8 Å². The number of aromatic nitrogens is 2. The van der Waals surface area contributed by atoms with E-state index in [0.717, 1.165) is 49.1 Å². The van der Waals surface area contributed by atoms with Crippen molar-refractivity contribution in [2.24, 2.45) is 5.92 Å². The predicted octanol–water partition coefficient (Wildman–Crippen LogP) is 3.66. The number of halogens is 2. The Hall–Kier alpha value is -1.40. The van der Waals surface area contributed by atoms with E-state index in [2.05, 4.69) is 29.4 Å². The predicted molar refractivity (Wildman–Crippen MR) is 81.3 cm³/mol. The van der Waals surface area contributed by atoms with Crippen LogP contribution < -0.4 is 5.32 Å². The molecular weight excluding hydrogens is 292 g/mol. The van der Waals surface area contributed by atoms with Crippen molar-refractivity contribution in [3.63, 3.8) is 0 Å². The second-order valence-corrected chi connectivity index (χ2v) is 6.39. The second kappa shape index (κ2) is 7.56. The van der Waals surface area contributed by atoms with Gasteiger partial charge in [0.2, 0.25) is 0 Å². The van der Waals surface area contributed by atoms with Crippen LogP contribution in [0, 0.1) is 17.6 Å². The molecule has 1 N–H and O–H groups in total. The van der Waals surface area contributed by atoms with Gasteiger partial charge in [-0.15, -0.1) is 10.2 Å². The minimum Gasteiger partial charge on any atom is -0.316 e. The van der Waals surface area contributed by atoms with E-state index in [1.165, 1.54) is 11.3 Å². The summed E-state index contributed by atoms with van der Waals surface area (Å²) in [4.78, 5) is 0. The molecule has 0 spiro atoms. The first kappa shape index (κ1) is 16.0. The molecule has 0 unspecified atom stereocenters. The molecule has 0 radical (unpaired) electrons. The van der Waals surface area contributed by atoms with Gasteiger partial charge in [-0.2, -0.15) is 0 Å². The molecule has 6 heteroatoms. The average Bonchev–Trinajstić information content (AvgIpc) is 2.89. The number of rotatable bonds is 7. The third kappa shape index (κ3) is 4.82. The number of hydrogen-bond donors (Lipinski definition) is 1. The van der Waals surface area contributed by atoms with E-state index >= 15 is 0 Å². The Morgan fingerprint density at radius 2 is 2.05 bits per heavy atom. The van der Waals surface area contributed by atoms with Gasteiger partial charge >= 0.3 is 0 Å². The SMILES string of the molecule is CC(C)CNCCCc1nnc(-c2cc(F)ccc2F)s1. The molecule has 0 saturated heterocycles. The van der Waals surface area contributed by atoms with E-state index in [1.54, 1.807) is 0 Å². The summed E-state index contributed by atoms with van der Waals surface area (Å²) in [6, 6.07) is 3.37.